The molecule has 1 aliphatic carbocycles. The normalized spacial score (nSPS) is 26.2. The minimum Gasteiger partial charge on any atom is -0.379 e. The van der Waals surface area contributed by atoms with Crippen molar-refractivity contribution in [2.75, 3.05) is 39.4 Å². The Kier molecular flexibility index (Phi) is 4.42. The van der Waals surface area contributed by atoms with E-state index in [1.807, 2.05) is 0 Å². The van der Waals surface area contributed by atoms with E-state index >= 15 is 0 Å². The van der Waals surface area contributed by atoms with Crippen LogP contribution in [0.25, 0.3) is 0 Å². The van der Waals surface area contributed by atoms with Gasteiger partial charge in [-0.3, -0.25) is 4.90 Å². The van der Waals surface area contributed by atoms with Gasteiger partial charge < -0.3 is 10.1 Å². The first-order valence-electron chi connectivity index (χ1n) is 6.40. The van der Waals surface area contributed by atoms with Gasteiger partial charge in [0.25, 0.3) is 0 Å². The van der Waals surface area contributed by atoms with Gasteiger partial charge in [0, 0.05) is 32.2 Å². The Morgan fingerprint density at radius 3 is 2.67 bits per heavy atom. The molecular formula is C12H24N2O. The van der Waals surface area contributed by atoms with Gasteiger partial charge >= 0.3 is 0 Å². The second-order valence-corrected chi connectivity index (χ2v) is 4.89. The maximum absolute atomic E-state index is 5.33. The number of morpholine rings is 1. The summed E-state index contributed by atoms with van der Waals surface area (Å²) in [7, 11) is 0. The molecule has 88 valence electrons. The molecule has 1 saturated heterocycles. The number of hydrogen-bond donors (Lipinski definition) is 1. The summed E-state index contributed by atoms with van der Waals surface area (Å²) in [6.45, 7) is 8.70. The van der Waals surface area contributed by atoms with Gasteiger partial charge in [0.05, 0.1) is 13.2 Å². The maximum atomic E-state index is 5.33. The maximum Gasteiger partial charge on any atom is 0.0594 e. The van der Waals surface area contributed by atoms with Crippen molar-refractivity contribution in [2.45, 2.75) is 32.2 Å². The van der Waals surface area contributed by atoms with Crippen LogP contribution in [-0.4, -0.2) is 50.3 Å². The minimum absolute atomic E-state index is 0.722. The smallest absolute Gasteiger partial charge is 0.0594 e. The van der Waals surface area contributed by atoms with Crippen molar-refractivity contribution in [1.29, 1.82) is 0 Å². The first-order chi connectivity index (χ1) is 7.36. The molecule has 0 radical (unpaired) electrons. The van der Waals surface area contributed by atoms with E-state index in [0.717, 1.165) is 44.8 Å². The van der Waals surface area contributed by atoms with Crippen LogP contribution in [0.15, 0.2) is 0 Å². The molecule has 1 unspecified atom stereocenters. The zero-order chi connectivity index (χ0) is 10.5. The van der Waals surface area contributed by atoms with Crippen molar-refractivity contribution in [2.24, 2.45) is 5.92 Å². The lowest BCUT2D eigenvalue weighted by atomic mass is 9.80. The molecule has 3 heteroatoms. The van der Waals surface area contributed by atoms with Gasteiger partial charge in [-0.25, -0.2) is 0 Å². The third kappa shape index (κ3) is 3.44. The molecule has 1 saturated carbocycles. The van der Waals surface area contributed by atoms with E-state index in [2.05, 4.69) is 17.1 Å². The Labute approximate surface area is 93.2 Å². The van der Waals surface area contributed by atoms with Gasteiger partial charge in [-0.15, -0.1) is 0 Å². The van der Waals surface area contributed by atoms with Crippen molar-refractivity contribution < 1.29 is 4.74 Å². The molecule has 1 aliphatic heterocycles. The number of rotatable bonds is 5. The molecule has 3 nitrogen and oxygen atoms in total. The lowest BCUT2D eigenvalue weighted by Crippen LogP contribution is -2.44. The zero-order valence-corrected chi connectivity index (χ0v) is 9.87. The highest BCUT2D eigenvalue weighted by Crippen LogP contribution is 2.29. The van der Waals surface area contributed by atoms with E-state index in [-0.39, 0.29) is 0 Å². The molecule has 2 aliphatic rings. The van der Waals surface area contributed by atoms with Crippen molar-refractivity contribution in [3.63, 3.8) is 0 Å². The summed E-state index contributed by atoms with van der Waals surface area (Å²) in [4.78, 5) is 2.49. The number of ether oxygens (including phenoxy) is 1. The van der Waals surface area contributed by atoms with Gasteiger partial charge in [0.15, 0.2) is 0 Å². The Bertz CT molecular complexity index is 174. The Morgan fingerprint density at radius 2 is 2.07 bits per heavy atom. The van der Waals surface area contributed by atoms with Crippen LogP contribution in [0.3, 0.4) is 0 Å². The van der Waals surface area contributed by atoms with Crippen LogP contribution in [-0.2, 0) is 4.74 Å². The molecule has 0 aromatic rings. The van der Waals surface area contributed by atoms with Crippen LogP contribution >= 0.6 is 0 Å². The van der Waals surface area contributed by atoms with Gasteiger partial charge in [0.1, 0.15) is 0 Å². The quantitative estimate of drug-likeness (QED) is 0.738. The van der Waals surface area contributed by atoms with E-state index in [4.69, 9.17) is 4.74 Å². The van der Waals surface area contributed by atoms with Crippen molar-refractivity contribution >= 4 is 0 Å². The lowest BCUT2D eigenvalue weighted by Gasteiger charge is -2.33. The number of nitrogens with zero attached hydrogens (tertiary/aromatic N) is 1. The molecule has 0 aromatic heterocycles. The molecule has 1 N–H and O–H groups in total. The lowest BCUT2D eigenvalue weighted by molar-refractivity contribution is 0.0377. The highest BCUT2D eigenvalue weighted by atomic mass is 16.5. The zero-order valence-electron chi connectivity index (χ0n) is 9.87. The molecular weight excluding hydrogens is 188 g/mol. The van der Waals surface area contributed by atoms with Gasteiger partial charge in [-0.05, 0) is 25.7 Å². The summed E-state index contributed by atoms with van der Waals surface area (Å²) in [5.74, 6) is 0.953. The van der Waals surface area contributed by atoms with Crippen molar-refractivity contribution in [3.8, 4) is 0 Å². The topological polar surface area (TPSA) is 24.5 Å². The van der Waals surface area contributed by atoms with Gasteiger partial charge in [0.2, 0.25) is 0 Å². The fourth-order valence-electron chi connectivity index (χ4n) is 2.38. The van der Waals surface area contributed by atoms with E-state index < -0.39 is 0 Å². The second kappa shape index (κ2) is 5.83. The average molecular weight is 212 g/mol. The summed E-state index contributed by atoms with van der Waals surface area (Å²) in [6.07, 6.45) is 4.32. The monoisotopic (exact) mass is 212 g/mol. The third-order valence-electron chi connectivity index (χ3n) is 3.85. The molecule has 2 fully saturated rings. The van der Waals surface area contributed by atoms with Crippen LogP contribution in [0.5, 0.6) is 0 Å². The minimum atomic E-state index is 0.722. The van der Waals surface area contributed by atoms with E-state index in [0.29, 0.717) is 0 Å². The number of nitrogens with one attached hydrogen (secondary N) is 1. The first kappa shape index (κ1) is 11.4. The standard InChI is InChI=1S/C12H24N2O/c1-11(12-3-2-4-12)13-5-6-14-7-9-15-10-8-14/h11-13H,2-10H2,1H3. The molecule has 1 atom stereocenters. The molecule has 0 aromatic carbocycles. The summed E-state index contributed by atoms with van der Waals surface area (Å²) in [5, 5.41) is 3.65. The second-order valence-electron chi connectivity index (χ2n) is 4.89. The molecule has 15 heavy (non-hydrogen) atoms. The Morgan fingerprint density at radius 1 is 1.33 bits per heavy atom. The molecule has 0 amide bonds. The van der Waals surface area contributed by atoms with Gasteiger partial charge in [-0.1, -0.05) is 6.42 Å². The predicted molar refractivity (Wildman–Crippen MR) is 62.1 cm³/mol. The van der Waals surface area contributed by atoms with Crippen LogP contribution in [0.2, 0.25) is 0 Å². The van der Waals surface area contributed by atoms with Crippen molar-refractivity contribution in [3.05, 3.63) is 0 Å². The van der Waals surface area contributed by atoms with Crippen LogP contribution in [0.1, 0.15) is 26.2 Å². The fraction of sp³-hybridized carbons (Fsp3) is 1.00. The molecule has 2 rings (SSSR count). The fourth-order valence-corrected chi connectivity index (χ4v) is 2.38. The SMILES string of the molecule is CC(NCCN1CCOCC1)C1CCC1. The first-order valence-corrected chi connectivity index (χ1v) is 6.40. The van der Waals surface area contributed by atoms with Crippen LogP contribution in [0, 0.1) is 5.92 Å². The Hall–Kier alpha value is -0.120. The molecule has 0 spiro atoms. The van der Waals surface area contributed by atoms with Crippen LogP contribution in [0.4, 0.5) is 0 Å². The highest BCUT2D eigenvalue weighted by Gasteiger charge is 2.23. The van der Waals surface area contributed by atoms with E-state index in [1.165, 1.54) is 25.8 Å². The van der Waals surface area contributed by atoms with E-state index in [1.54, 1.807) is 0 Å². The predicted octanol–water partition coefficient (Wildman–Crippen LogP) is 1.10. The Balaban J connectivity index is 1.53. The summed E-state index contributed by atoms with van der Waals surface area (Å²) in [5.41, 5.74) is 0. The summed E-state index contributed by atoms with van der Waals surface area (Å²) in [6, 6.07) is 0.722. The van der Waals surface area contributed by atoms with Gasteiger partial charge in [-0.2, -0.15) is 0 Å². The third-order valence-corrected chi connectivity index (χ3v) is 3.85. The van der Waals surface area contributed by atoms with Crippen molar-refractivity contribution in [1.82, 2.24) is 10.2 Å². The summed E-state index contributed by atoms with van der Waals surface area (Å²) >= 11 is 0. The number of hydrogen-bond acceptors (Lipinski definition) is 3. The average Bonchev–Trinajstić information content (AvgIpc) is 2.16. The largest absolute Gasteiger partial charge is 0.379 e. The molecule has 1 heterocycles. The highest BCUT2D eigenvalue weighted by molar-refractivity contribution is 4.79. The van der Waals surface area contributed by atoms with E-state index in [9.17, 15) is 0 Å². The van der Waals surface area contributed by atoms with Crippen LogP contribution < -0.4 is 5.32 Å². The summed E-state index contributed by atoms with van der Waals surface area (Å²) < 4.78 is 5.33. The molecule has 0 bridgehead atoms.